The minimum Gasteiger partial charge on any atom is -0.361 e. The first kappa shape index (κ1) is 23.9. The third kappa shape index (κ3) is 4.92. The van der Waals surface area contributed by atoms with Gasteiger partial charge in [-0.1, -0.05) is 41.9 Å². The fourth-order valence-corrected chi connectivity index (χ4v) is 4.92. The molecule has 4 heterocycles. The summed E-state index contributed by atoms with van der Waals surface area (Å²) < 4.78 is 0. The van der Waals surface area contributed by atoms with Gasteiger partial charge >= 0.3 is 6.03 Å². The van der Waals surface area contributed by atoms with Crippen LogP contribution in [0.1, 0.15) is 24.4 Å². The molecule has 1 atom stereocenters. The van der Waals surface area contributed by atoms with Crippen LogP contribution in [0.15, 0.2) is 54.6 Å². The number of piperidine rings is 1. The number of rotatable bonds is 5. The second kappa shape index (κ2) is 10.0. The number of carbonyl (C=O) groups is 3. The van der Waals surface area contributed by atoms with Crippen LogP contribution in [-0.4, -0.2) is 86.9 Å². The van der Waals surface area contributed by atoms with Gasteiger partial charge in [0.15, 0.2) is 0 Å². The zero-order chi connectivity index (χ0) is 25.2. The Hall–Kier alpha value is -3.86. The van der Waals surface area contributed by atoms with Crippen molar-refractivity contribution in [3.05, 3.63) is 65.2 Å². The Morgan fingerprint density at radius 2 is 1.78 bits per heavy atom. The van der Waals surface area contributed by atoms with Crippen molar-refractivity contribution in [2.75, 3.05) is 38.8 Å². The lowest BCUT2D eigenvalue weighted by atomic mass is 10.0. The van der Waals surface area contributed by atoms with Crippen LogP contribution in [-0.2, 0) is 9.59 Å². The molecule has 1 aromatic carbocycles. The fourth-order valence-electron chi connectivity index (χ4n) is 4.82. The van der Waals surface area contributed by atoms with Gasteiger partial charge in [0.05, 0.1) is 30.8 Å². The number of amides is 4. The summed E-state index contributed by atoms with van der Waals surface area (Å²) >= 11 is 5.80. The molecular formula is C24H27ClN8O3. The van der Waals surface area contributed by atoms with Crippen molar-refractivity contribution in [1.29, 1.82) is 0 Å². The summed E-state index contributed by atoms with van der Waals surface area (Å²) in [4.78, 5) is 54.7. The molecule has 2 N–H and O–H groups in total. The summed E-state index contributed by atoms with van der Waals surface area (Å²) in [6, 6.07) is 7.69. The number of hydrogen-bond acceptors (Lipinski definition) is 7. The van der Waals surface area contributed by atoms with E-state index >= 15 is 0 Å². The van der Waals surface area contributed by atoms with Crippen LogP contribution in [0, 0.1) is 0 Å². The monoisotopic (exact) mass is 510 g/mol. The molecule has 2 fully saturated rings. The molecule has 11 nitrogen and oxygen atoms in total. The minimum absolute atomic E-state index is 0.0500. The van der Waals surface area contributed by atoms with Gasteiger partial charge in [0, 0.05) is 32.4 Å². The maximum Gasteiger partial charge on any atom is 0.322 e. The van der Waals surface area contributed by atoms with Gasteiger partial charge < -0.3 is 24.9 Å². The molecule has 5 rings (SSSR count). The zero-order valence-electron chi connectivity index (χ0n) is 19.8. The quantitative estimate of drug-likeness (QED) is 0.630. The van der Waals surface area contributed by atoms with Crippen molar-refractivity contribution in [2.24, 2.45) is 0 Å². The number of hydrogen-bond donors (Lipinski definition) is 2. The predicted octanol–water partition coefficient (Wildman–Crippen LogP) is 1.83. The largest absolute Gasteiger partial charge is 0.361 e. The summed E-state index contributed by atoms with van der Waals surface area (Å²) in [7, 11) is 1.95. The van der Waals surface area contributed by atoms with Crippen molar-refractivity contribution >= 4 is 35.4 Å². The van der Waals surface area contributed by atoms with E-state index in [2.05, 4.69) is 25.5 Å². The van der Waals surface area contributed by atoms with E-state index in [0.29, 0.717) is 49.9 Å². The van der Waals surface area contributed by atoms with Crippen LogP contribution in [0.25, 0.3) is 0 Å². The molecular weight excluding hydrogens is 484 g/mol. The van der Waals surface area contributed by atoms with E-state index < -0.39 is 12.1 Å². The second-order valence-electron chi connectivity index (χ2n) is 9.09. The van der Waals surface area contributed by atoms with Crippen LogP contribution in [0.3, 0.4) is 0 Å². The number of carbonyl (C=O) groups excluding carboxylic acids is 3. The Morgan fingerprint density at radius 1 is 1.08 bits per heavy atom. The summed E-state index contributed by atoms with van der Waals surface area (Å²) in [6.07, 6.45) is 6.00. The van der Waals surface area contributed by atoms with Crippen LogP contribution in [0.2, 0.25) is 5.02 Å². The first-order valence-electron chi connectivity index (χ1n) is 11.8. The van der Waals surface area contributed by atoms with Crippen molar-refractivity contribution in [3.8, 4) is 0 Å². The van der Waals surface area contributed by atoms with E-state index in [-0.39, 0.29) is 23.8 Å². The van der Waals surface area contributed by atoms with E-state index in [4.69, 9.17) is 11.6 Å². The minimum atomic E-state index is -0.880. The van der Waals surface area contributed by atoms with Crippen molar-refractivity contribution < 1.29 is 14.4 Å². The van der Waals surface area contributed by atoms with Crippen molar-refractivity contribution in [3.63, 3.8) is 0 Å². The molecule has 3 aliphatic heterocycles. The average Bonchev–Trinajstić information content (AvgIpc) is 3.40. The van der Waals surface area contributed by atoms with Crippen LogP contribution in [0.5, 0.6) is 0 Å². The standard InChI is InChI=1S/C24H27ClN8O3/c1-30-13-19-21(34)33(15-32(19)14-30)18-7-9-31(10-8-18)22(35)20(16-5-3-2-4-6-16)28-24(36)29-23-26-11-17(25)12-27-23/h2-6,11-13,18,20H,7-10,14-15H2,1H3,(H2,26,27,28,29,36). The molecule has 0 radical (unpaired) electrons. The van der Waals surface area contributed by atoms with E-state index in [1.54, 1.807) is 17.0 Å². The first-order valence-corrected chi connectivity index (χ1v) is 12.1. The van der Waals surface area contributed by atoms with Gasteiger partial charge in [0.1, 0.15) is 11.7 Å². The highest BCUT2D eigenvalue weighted by Gasteiger charge is 2.41. The molecule has 1 aromatic heterocycles. The molecule has 0 saturated carbocycles. The topological polar surface area (TPSA) is 114 Å². The van der Waals surface area contributed by atoms with Gasteiger partial charge in [0.2, 0.25) is 11.9 Å². The Morgan fingerprint density at radius 3 is 2.44 bits per heavy atom. The van der Waals surface area contributed by atoms with E-state index in [1.165, 1.54) is 12.4 Å². The number of anilines is 1. The molecule has 2 saturated heterocycles. The number of benzene rings is 1. The van der Waals surface area contributed by atoms with Gasteiger partial charge in [-0.15, -0.1) is 0 Å². The normalized spacial score (nSPS) is 18.7. The molecule has 0 aliphatic carbocycles. The number of nitrogens with one attached hydrogen (secondary N) is 2. The maximum atomic E-state index is 13.6. The molecule has 4 amide bonds. The van der Waals surface area contributed by atoms with Gasteiger partial charge in [-0.2, -0.15) is 0 Å². The SMILES string of the molecule is CN1C=C2C(=O)N(C3CCN(C(=O)C(NC(=O)Nc4ncc(Cl)cn4)c4ccccc4)CC3)CN2C1. The summed E-state index contributed by atoms with van der Waals surface area (Å²) in [5, 5.41) is 5.65. The average molecular weight is 511 g/mol. The highest BCUT2D eigenvalue weighted by Crippen LogP contribution is 2.29. The van der Waals surface area contributed by atoms with Crippen LogP contribution in [0.4, 0.5) is 10.7 Å². The lowest BCUT2D eigenvalue weighted by Gasteiger charge is -2.38. The maximum absolute atomic E-state index is 13.6. The van der Waals surface area contributed by atoms with Gasteiger partial charge in [-0.25, -0.2) is 14.8 Å². The zero-order valence-corrected chi connectivity index (χ0v) is 20.6. The summed E-state index contributed by atoms with van der Waals surface area (Å²) in [6.45, 7) is 2.29. The highest BCUT2D eigenvalue weighted by atomic mass is 35.5. The number of nitrogens with zero attached hydrogens (tertiary/aromatic N) is 6. The molecule has 12 heteroatoms. The Balaban J connectivity index is 1.23. The van der Waals surface area contributed by atoms with E-state index in [0.717, 1.165) is 5.70 Å². The van der Waals surface area contributed by atoms with Crippen LogP contribution >= 0.6 is 11.6 Å². The summed E-state index contributed by atoms with van der Waals surface area (Å²) in [5.41, 5.74) is 1.41. The molecule has 188 valence electrons. The van der Waals surface area contributed by atoms with E-state index in [1.807, 2.05) is 41.2 Å². The first-order chi connectivity index (χ1) is 17.4. The fraction of sp³-hybridized carbons (Fsp3) is 0.375. The summed E-state index contributed by atoms with van der Waals surface area (Å²) in [5.74, 6) is -0.0763. The van der Waals surface area contributed by atoms with Gasteiger partial charge in [-0.3, -0.25) is 14.9 Å². The lowest BCUT2D eigenvalue weighted by Crippen LogP contribution is -2.51. The Kier molecular flexibility index (Phi) is 6.64. The number of aromatic nitrogens is 2. The molecule has 1 unspecified atom stereocenters. The lowest BCUT2D eigenvalue weighted by molar-refractivity contribution is -0.135. The van der Waals surface area contributed by atoms with Crippen molar-refractivity contribution in [2.45, 2.75) is 24.9 Å². The molecule has 0 bridgehead atoms. The van der Waals surface area contributed by atoms with E-state index in [9.17, 15) is 14.4 Å². The van der Waals surface area contributed by atoms with Crippen molar-refractivity contribution in [1.82, 2.24) is 34.9 Å². The van der Waals surface area contributed by atoms with Crippen LogP contribution < -0.4 is 10.6 Å². The second-order valence-corrected chi connectivity index (χ2v) is 9.53. The Labute approximate surface area is 213 Å². The number of urea groups is 1. The molecule has 3 aliphatic rings. The smallest absolute Gasteiger partial charge is 0.322 e. The number of halogens is 1. The predicted molar refractivity (Wildman–Crippen MR) is 132 cm³/mol. The molecule has 36 heavy (non-hydrogen) atoms. The number of fused-ring (bicyclic) bond motifs is 1. The third-order valence-corrected chi connectivity index (χ3v) is 6.79. The molecule has 0 spiro atoms. The van der Waals surface area contributed by atoms with Gasteiger partial charge in [0.25, 0.3) is 5.91 Å². The highest BCUT2D eigenvalue weighted by molar-refractivity contribution is 6.30. The molecule has 2 aromatic rings. The number of likely N-dealkylation sites (tertiary alicyclic amines) is 1. The van der Waals surface area contributed by atoms with Gasteiger partial charge in [-0.05, 0) is 18.4 Å². The third-order valence-electron chi connectivity index (χ3n) is 6.60. The Bertz CT molecular complexity index is 1170.